The third-order valence-corrected chi connectivity index (χ3v) is 0. The Morgan fingerprint density at radius 2 is 1.50 bits per heavy atom. The monoisotopic (exact) mass is 270 g/mol. The predicted molar refractivity (Wildman–Crippen MR) is 24.2 cm³/mol. The van der Waals surface area contributed by atoms with Gasteiger partial charge in [0.25, 0.3) is 5.97 Å². The summed E-state index contributed by atoms with van der Waals surface area (Å²) in [5.41, 5.74) is 0. The van der Waals surface area contributed by atoms with Gasteiger partial charge in [0.05, 0.1) is 0 Å². The molecule has 0 bridgehead atoms. The Kier molecular flexibility index (Phi) is 13.8. The van der Waals surface area contributed by atoms with Crippen LogP contribution in [-0.2, 0) is 7.81 Å². The SMILES string of the molecule is CC(=O)O.[Na+].[O]=[Sb]([O-])([OH])[OH]. The molecule has 8 heteroatoms. The summed E-state index contributed by atoms with van der Waals surface area (Å²) in [5.74, 6) is -0.833. The van der Waals surface area contributed by atoms with Crippen LogP contribution in [0.4, 0.5) is 0 Å². The maximum atomic E-state index is 9.00. The average molecular weight is 271 g/mol. The van der Waals surface area contributed by atoms with Crippen LogP contribution in [0.25, 0.3) is 0 Å². The molecule has 0 aliphatic heterocycles. The molecule has 0 amide bonds. The molecule has 0 aromatic carbocycles. The Labute approximate surface area is 84.9 Å². The molecular weight excluding hydrogens is 265 g/mol. The third kappa shape index (κ3) is 607. The Morgan fingerprint density at radius 1 is 1.50 bits per heavy atom. The van der Waals surface area contributed by atoms with Gasteiger partial charge < -0.3 is 5.11 Å². The molecule has 3 N–H and O–H groups in total. The van der Waals surface area contributed by atoms with Crippen molar-refractivity contribution in [1.82, 2.24) is 0 Å². The van der Waals surface area contributed by atoms with Gasteiger partial charge in [-0.15, -0.1) is 0 Å². The van der Waals surface area contributed by atoms with Crippen LogP contribution < -0.4 is 32.9 Å². The van der Waals surface area contributed by atoms with Crippen molar-refractivity contribution in [2.45, 2.75) is 6.92 Å². The number of rotatable bonds is 0. The second-order valence-corrected chi connectivity index (χ2v) is 3.81. The molecule has 0 saturated heterocycles. The molecule has 0 radical (unpaired) electrons. The van der Waals surface area contributed by atoms with Crippen molar-refractivity contribution in [2.24, 2.45) is 0 Å². The van der Waals surface area contributed by atoms with Gasteiger partial charge in [0.2, 0.25) is 0 Å². The summed E-state index contributed by atoms with van der Waals surface area (Å²) in [6, 6.07) is 0. The number of carbonyl (C=O) groups is 1. The van der Waals surface area contributed by atoms with E-state index in [0.717, 1.165) is 6.92 Å². The zero-order valence-corrected chi connectivity index (χ0v) is 10.1. The predicted octanol–water partition coefficient (Wildman–Crippen LogP) is -5.71. The van der Waals surface area contributed by atoms with Crippen molar-refractivity contribution in [3.8, 4) is 0 Å². The first-order chi connectivity index (χ1) is 3.73. The minimum absolute atomic E-state index is 0. The van der Waals surface area contributed by atoms with Crippen molar-refractivity contribution >= 4 is 26.0 Å². The van der Waals surface area contributed by atoms with Crippen molar-refractivity contribution < 1.29 is 52.6 Å². The molecular formula is C2H6NaO6Sb. The summed E-state index contributed by atoms with van der Waals surface area (Å²) in [7, 11) is 0. The van der Waals surface area contributed by atoms with E-state index in [9.17, 15) is 0 Å². The van der Waals surface area contributed by atoms with Crippen molar-refractivity contribution in [2.75, 3.05) is 0 Å². The topological polar surface area (TPSA) is 118 Å². The molecule has 0 unspecified atom stereocenters. The Bertz CT molecular complexity index is 115. The third-order valence-electron chi connectivity index (χ3n) is 0. The van der Waals surface area contributed by atoms with Crippen LogP contribution in [0.1, 0.15) is 6.92 Å². The zero-order chi connectivity index (χ0) is 8.08. The molecule has 0 spiro atoms. The van der Waals surface area contributed by atoms with Crippen LogP contribution in [-0.4, -0.2) is 37.9 Å². The van der Waals surface area contributed by atoms with Gasteiger partial charge in [-0.3, -0.25) is 4.79 Å². The van der Waals surface area contributed by atoms with E-state index in [1.807, 2.05) is 0 Å². The van der Waals surface area contributed by atoms with Gasteiger partial charge in [-0.1, -0.05) is 0 Å². The fraction of sp³-hybridized carbons (Fsp3) is 0.500. The zero-order valence-electron chi connectivity index (χ0n) is 5.51. The van der Waals surface area contributed by atoms with E-state index in [0.29, 0.717) is 0 Å². The number of aliphatic carboxylic acids is 1. The first kappa shape index (κ1) is 17.2. The van der Waals surface area contributed by atoms with E-state index >= 15 is 0 Å². The summed E-state index contributed by atoms with van der Waals surface area (Å²) in [4.78, 5) is 9.00. The molecule has 56 valence electrons. The standard InChI is InChI=1S/C2H4O2.Na.2H2O.2O.Sb/c1-2(3)4;;;;;;/h1H3,(H,3,4);;2*1H2;;;/q;+1;;;;-1;+2/p-2. The van der Waals surface area contributed by atoms with Gasteiger partial charge in [0.15, 0.2) is 0 Å². The van der Waals surface area contributed by atoms with Crippen LogP contribution in [0.3, 0.4) is 0 Å². The van der Waals surface area contributed by atoms with Crippen molar-refractivity contribution in [1.29, 1.82) is 0 Å². The van der Waals surface area contributed by atoms with E-state index in [2.05, 4.69) is 0 Å². The minimum atomic E-state index is -5.60. The summed E-state index contributed by atoms with van der Waals surface area (Å²) in [6.07, 6.45) is 0. The molecule has 0 aliphatic rings. The van der Waals surface area contributed by atoms with Gasteiger partial charge in [-0.05, 0) is 0 Å². The van der Waals surface area contributed by atoms with Crippen molar-refractivity contribution in [3.63, 3.8) is 0 Å². The van der Waals surface area contributed by atoms with Crippen LogP contribution in [0, 0.1) is 0 Å². The quantitative estimate of drug-likeness (QED) is 0.378. The van der Waals surface area contributed by atoms with E-state index in [4.69, 9.17) is 23.1 Å². The van der Waals surface area contributed by atoms with Gasteiger partial charge in [-0.25, -0.2) is 0 Å². The van der Waals surface area contributed by atoms with Crippen molar-refractivity contribution in [3.05, 3.63) is 0 Å². The number of hydrogen-bond acceptors (Lipinski definition) is 3. The number of carboxylic acid groups (broad SMARTS) is 1. The molecule has 0 heterocycles. The van der Waals surface area contributed by atoms with Gasteiger partial charge in [0.1, 0.15) is 0 Å². The Hall–Kier alpha value is 0.968. The molecule has 0 fully saturated rings. The Balaban J connectivity index is -0.0000000910. The molecule has 0 aromatic heterocycles. The summed E-state index contributed by atoms with van der Waals surface area (Å²) in [5, 5.41) is 7.42. The van der Waals surface area contributed by atoms with Gasteiger partial charge >= 0.3 is 62.8 Å². The molecule has 0 aliphatic carbocycles. The fourth-order valence-corrected chi connectivity index (χ4v) is 0. The first-order valence-corrected chi connectivity index (χ1v) is 6.06. The number of hydrogen-bond donors (Lipinski definition) is 3. The molecule has 6 nitrogen and oxygen atoms in total. The average Bonchev–Trinajstić information content (AvgIpc) is 1.19. The maximum absolute atomic E-state index is 9.00. The first-order valence-electron chi connectivity index (χ1n) is 1.69. The van der Waals surface area contributed by atoms with Gasteiger partial charge in [-0.2, -0.15) is 0 Å². The van der Waals surface area contributed by atoms with E-state index in [-0.39, 0.29) is 29.6 Å². The van der Waals surface area contributed by atoms with Crippen LogP contribution in [0.5, 0.6) is 0 Å². The molecule has 0 aromatic rings. The Morgan fingerprint density at radius 3 is 1.50 bits per heavy atom. The van der Waals surface area contributed by atoms with Crippen LogP contribution in [0.15, 0.2) is 0 Å². The fourth-order valence-electron chi connectivity index (χ4n) is 0. The van der Waals surface area contributed by atoms with Crippen LogP contribution >= 0.6 is 0 Å². The summed E-state index contributed by atoms with van der Waals surface area (Å²) in [6.45, 7) is 1.08. The van der Waals surface area contributed by atoms with E-state index in [1.54, 1.807) is 0 Å². The molecule has 0 atom stereocenters. The second-order valence-electron chi connectivity index (χ2n) is 1.01. The van der Waals surface area contributed by atoms with E-state index < -0.39 is 26.0 Å². The molecule has 0 saturated carbocycles. The van der Waals surface area contributed by atoms with Crippen LogP contribution in [0.2, 0.25) is 0 Å². The number of carboxylic acids is 1. The summed E-state index contributed by atoms with van der Waals surface area (Å²) >= 11 is -5.60. The molecule has 0 rings (SSSR count). The normalized spacial score (nSPS) is 8.40. The van der Waals surface area contributed by atoms with Gasteiger partial charge in [0, 0.05) is 6.92 Å². The second kappa shape index (κ2) is 8.07. The van der Waals surface area contributed by atoms with E-state index in [1.165, 1.54) is 0 Å². The molecule has 10 heavy (non-hydrogen) atoms. The summed E-state index contributed by atoms with van der Waals surface area (Å²) < 4.78 is 32.0.